The smallest absolute Gasteiger partial charge is 0.266 e. The van der Waals surface area contributed by atoms with Crippen molar-refractivity contribution in [2.24, 2.45) is 7.05 Å². The molecule has 3 aromatic rings. The molecule has 1 aromatic carbocycles. The third-order valence-corrected chi connectivity index (χ3v) is 4.89. The number of carbonyl (C=O) groups excluding carboxylic acids is 1. The molecule has 0 unspecified atom stereocenters. The average Bonchev–Trinajstić information content (AvgIpc) is 2.84. The molecule has 0 fully saturated rings. The van der Waals surface area contributed by atoms with Crippen molar-refractivity contribution in [3.63, 3.8) is 0 Å². The molecule has 0 aliphatic heterocycles. The number of hydrogen-bond acceptors (Lipinski definition) is 4. The van der Waals surface area contributed by atoms with Gasteiger partial charge in [-0.3, -0.25) is 14.2 Å². The minimum Gasteiger partial charge on any atom is -0.321 e. The summed E-state index contributed by atoms with van der Waals surface area (Å²) < 4.78 is 14.4. The van der Waals surface area contributed by atoms with Gasteiger partial charge in [-0.2, -0.15) is 0 Å². The van der Waals surface area contributed by atoms with Gasteiger partial charge in [-0.1, -0.05) is 0 Å². The van der Waals surface area contributed by atoms with E-state index in [1.807, 2.05) is 0 Å². The van der Waals surface area contributed by atoms with Crippen LogP contribution in [-0.2, 0) is 7.05 Å². The molecule has 0 aliphatic carbocycles. The zero-order chi connectivity index (χ0) is 16.7. The van der Waals surface area contributed by atoms with E-state index < -0.39 is 0 Å². The summed E-state index contributed by atoms with van der Waals surface area (Å²) in [5.74, 6) is -0.115. The highest BCUT2D eigenvalue weighted by Crippen LogP contribution is 2.28. The average molecular weight is 331 g/mol. The maximum Gasteiger partial charge on any atom is 0.266 e. The number of benzene rings is 1. The number of aryl methyl sites for hydroxylation is 2. The van der Waals surface area contributed by atoms with Crippen LogP contribution >= 0.6 is 11.3 Å². The van der Waals surface area contributed by atoms with Crippen LogP contribution in [0.25, 0.3) is 10.2 Å². The van der Waals surface area contributed by atoms with Crippen molar-refractivity contribution in [2.75, 3.05) is 5.32 Å². The fraction of sp³-hybridized carbons (Fsp3) is 0.188. The number of thiophene rings is 1. The summed E-state index contributed by atoms with van der Waals surface area (Å²) in [6.45, 7) is 3.48. The number of amides is 1. The van der Waals surface area contributed by atoms with Crippen molar-refractivity contribution in [3.05, 3.63) is 56.7 Å². The van der Waals surface area contributed by atoms with Gasteiger partial charge in [0.25, 0.3) is 11.5 Å². The monoisotopic (exact) mass is 331 g/mol. The molecular formula is C16H14FN3O2S. The second kappa shape index (κ2) is 5.58. The highest BCUT2D eigenvalue weighted by atomic mass is 32.1. The number of halogens is 1. The fourth-order valence-electron chi connectivity index (χ4n) is 2.30. The Morgan fingerprint density at radius 3 is 2.57 bits per heavy atom. The zero-order valence-electron chi connectivity index (χ0n) is 12.8. The minimum absolute atomic E-state index is 0.165. The topological polar surface area (TPSA) is 64.0 Å². The highest BCUT2D eigenvalue weighted by Gasteiger charge is 2.20. The molecule has 0 radical (unpaired) electrons. The van der Waals surface area contributed by atoms with E-state index in [2.05, 4.69) is 10.3 Å². The first-order valence-corrected chi connectivity index (χ1v) is 7.73. The summed E-state index contributed by atoms with van der Waals surface area (Å²) in [6, 6.07) is 5.51. The van der Waals surface area contributed by atoms with E-state index in [0.29, 0.717) is 32.2 Å². The van der Waals surface area contributed by atoms with E-state index in [0.717, 1.165) is 0 Å². The Kier molecular flexibility index (Phi) is 3.73. The Labute approximate surface area is 135 Å². The summed E-state index contributed by atoms with van der Waals surface area (Å²) in [6.07, 6.45) is 0. The molecule has 0 aliphatic rings. The van der Waals surface area contributed by atoms with Gasteiger partial charge in [0, 0.05) is 12.7 Å². The van der Waals surface area contributed by atoms with Crippen molar-refractivity contribution in [1.82, 2.24) is 9.55 Å². The predicted octanol–water partition coefficient (Wildman–Crippen LogP) is 3.00. The molecule has 0 bridgehead atoms. The number of nitrogens with one attached hydrogen (secondary N) is 1. The molecule has 2 aromatic heterocycles. The summed E-state index contributed by atoms with van der Waals surface area (Å²) in [5, 5.41) is 3.17. The first-order valence-electron chi connectivity index (χ1n) is 6.92. The molecule has 0 spiro atoms. The number of anilines is 1. The Hall–Kier alpha value is -2.54. The van der Waals surface area contributed by atoms with Crippen LogP contribution in [0.1, 0.15) is 21.1 Å². The van der Waals surface area contributed by atoms with E-state index in [1.54, 1.807) is 20.9 Å². The summed E-state index contributed by atoms with van der Waals surface area (Å²) in [7, 11) is 1.65. The van der Waals surface area contributed by atoms with Gasteiger partial charge in [-0.15, -0.1) is 11.3 Å². The first-order chi connectivity index (χ1) is 10.9. The third kappa shape index (κ3) is 2.63. The first kappa shape index (κ1) is 15.4. The molecule has 0 saturated carbocycles. The van der Waals surface area contributed by atoms with Crippen LogP contribution in [0.2, 0.25) is 0 Å². The van der Waals surface area contributed by atoms with Gasteiger partial charge >= 0.3 is 0 Å². The van der Waals surface area contributed by atoms with Crippen LogP contribution in [0.15, 0.2) is 29.1 Å². The lowest BCUT2D eigenvalue weighted by Crippen LogP contribution is -2.20. The van der Waals surface area contributed by atoms with Crippen LogP contribution < -0.4 is 10.9 Å². The van der Waals surface area contributed by atoms with Crippen LogP contribution in [0, 0.1) is 19.7 Å². The minimum atomic E-state index is -0.371. The molecule has 1 amide bonds. The van der Waals surface area contributed by atoms with Crippen molar-refractivity contribution in [1.29, 1.82) is 0 Å². The number of fused-ring (bicyclic) bond motifs is 1. The van der Waals surface area contributed by atoms with Crippen molar-refractivity contribution in [2.45, 2.75) is 13.8 Å². The maximum absolute atomic E-state index is 12.9. The molecule has 3 rings (SSSR count). The normalized spacial score (nSPS) is 11.0. The van der Waals surface area contributed by atoms with Crippen LogP contribution in [0.4, 0.5) is 10.1 Å². The van der Waals surface area contributed by atoms with Crippen molar-refractivity contribution in [3.8, 4) is 0 Å². The standard InChI is InChI=1S/C16H14FN3O2S/c1-8-12-15(18-9(2)20(3)16(12)22)23-13(8)14(21)19-11-6-4-10(17)5-7-11/h4-7H,1-3H3,(H,19,21). The van der Waals surface area contributed by atoms with Crippen LogP contribution in [0.5, 0.6) is 0 Å². The molecule has 5 nitrogen and oxygen atoms in total. The Morgan fingerprint density at radius 1 is 1.26 bits per heavy atom. The molecular weight excluding hydrogens is 317 g/mol. The molecule has 2 heterocycles. The predicted molar refractivity (Wildman–Crippen MR) is 88.7 cm³/mol. The lowest BCUT2D eigenvalue weighted by atomic mass is 10.2. The maximum atomic E-state index is 12.9. The van der Waals surface area contributed by atoms with E-state index in [1.165, 1.54) is 40.2 Å². The Bertz CT molecular complexity index is 974. The summed E-state index contributed by atoms with van der Waals surface area (Å²) in [4.78, 5) is 30.1. The van der Waals surface area contributed by atoms with Gasteiger partial charge in [0.05, 0.1) is 10.3 Å². The zero-order valence-corrected chi connectivity index (χ0v) is 13.6. The summed E-state index contributed by atoms with van der Waals surface area (Å²) in [5.41, 5.74) is 0.935. The number of carbonyl (C=O) groups is 1. The largest absolute Gasteiger partial charge is 0.321 e. The second-order valence-electron chi connectivity index (χ2n) is 5.22. The third-order valence-electron chi connectivity index (χ3n) is 3.70. The van der Waals surface area contributed by atoms with Gasteiger partial charge in [-0.05, 0) is 43.7 Å². The van der Waals surface area contributed by atoms with Crippen molar-refractivity contribution < 1.29 is 9.18 Å². The van der Waals surface area contributed by atoms with E-state index in [9.17, 15) is 14.0 Å². The SMILES string of the molecule is Cc1c(C(=O)Nc2ccc(F)cc2)sc2nc(C)n(C)c(=O)c12. The summed E-state index contributed by atoms with van der Waals surface area (Å²) >= 11 is 1.18. The van der Waals surface area contributed by atoms with E-state index in [-0.39, 0.29) is 17.3 Å². The van der Waals surface area contributed by atoms with E-state index >= 15 is 0 Å². The fourth-order valence-corrected chi connectivity index (χ4v) is 3.42. The Morgan fingerprint density at radius 2 is 1.91 bits per heavy atom. The Balaban J connectivity index is 2.04. The molecule has 0 saturated heterocycles. The lowest BCUT2D eigenvalue weighted by Gasteiger charge is -2.04. The second-order valence-corrected chi connectivity index (χ2v) is 6.22. The lowest BCUT2D eigenvalue weighted by molar-refractivity contribution is 0.103. The van der Waals surface area contributed by atoms with E-state index in [4.69, 9.17) is 0 Å². The quantitative estimate of drug-likeness (QED) is 0.785. The van der Waals surface area contributed by atoms with Gasteiger partial charge in [0.2, 0.25) is 0 Å². The van der Waals surface area contributed by atoms with Crippen LogP contribution in [-0.4, -0.2) is 15.5 Å². The molecule has 0 atom stereocenters. The van der Waals surface area contributed by atoms with Crippen LogP contribution in [0.3, 0.4) is 0 Å². The number of nitrogens with zero attached hydrogens (tertiary/aromatic N) is 2. The van der Waals surface area contributed by atoms with Crippen molar-refractivity contribution >= 4 is 33.1 Å². The van der Waals surface area contributed by atoms with Gasteiger partial charge in [0.15, 0.2) is 0 Å². The molecule has 7 heteroatoms. The molecule has 118 valence electrons. The molecule has 1 N–H and O–H groups in total. The number of hydrogen-bond donors (Lipinski definition) is 1. The van der Waals surface area contributed by atoms with Gasteiger partial charge in [0.1, 0.15) is 16.5 Å². The number of rotatable bonds is 2. The number of aromatic nitrogens is 2. The van der Waals surface area contributed by atoms with Gasteiger partial charge < -0.3 is 5.32 Å². The highest BCUT2D eigenvalue weighted by molar-refractivity contribution is 7.20. The van der Waals surface area contributed by atoms with Gasteiger partial charge in [-0.25, -0.2) is 9.37 Å². The molecule has 23 heavy (non-hydrogen) atoms.